The van der Waals surface area contributed by atoms with Gasteiger partial charge in [0.2, 0.25) is 15.9 Å². The zero-order valence-electron chi connectivity index (χ0n) is 31.6. The monoisotopic (exact) mass is 766 g/mol. The molecule has 1 unspecified atom stereocenters. The van der Waals surface area contributed by atoms with E-state index in [1.165, 1.54) is 26.0 Å². The molecule has 3 atom stereocenters. The van der Waals surface area contributed by atoms with E-state index in [0.717, 1.165) is 41.5 Å². The Bertz CT molecular complexity index is 1860. The molecule has 1 amide bonds. The Morgan fingerprint density at radius 3 is 2.07 bits per heavy atom. The van der Waals surface area contributed by atoms with Gasteiger partial charge in [0.15, 0.2) is 11.4 Å². The van der Waals surface area contributed by atoms with Gasteiger partial charge in [0.25, 0.3) is 0 Å². The third-order valence-corrected chi connectivity index (χ3v) is 10.6. The van der Waals surface area contributed by atoms with Gasteiger partial charge >= 0.3 is 11.9 Å². The minimum Gasteiger partial charge on any atom is -0.458 e. The number of ether oxygens (including phenoxy) is 4. The van der Waals surface area contributed by atoms with Crippen LogP contribution in [0.4, 0.5) is 10.1 Å². The molecule has 2 aliphatic heterocycles. The van der Waals surface area contributed by atoms with E-state index >= 15 is 0 Å². The second-order valence-corrected chi connectivity index (χ2v) is 16.6. The van der Waals surface area contributed by atoms with Crippen molar-refractivity contribution >= 4 is 33.6 Å². The van der Waals surface area contributed by atoms with Gasteiger partial charge in [-0.3, -0.25) is 14.4 Å². The number of halogens is 1. The molecule has 11 nitrogen and oxygen atoms in total. The van der Waals surface area contributed by atoms with E-state index < -0.39 is 45.2 Å². The molecule has 0 spiro atoms. The molecule has 0 aliphatic carbocycles. The van der Waals surface area contributed by atoms with Gasteiger partial charge in [-0.05, 0) is 105 Å². The average molecular weight is 767 g/mol. The van der Waals surface area contributed by atoms with Crippen LogP contribution in [0.5, 0.6) is 0 Å². The Morgan fingerprint density at radius 2 is 1.50 bits per heavy atom. The Labute approximate surface area is 317 Å². The first-order valence-corrected chi connectivity index (χ1v) is 20.3. The first kappa shape index (κ1) is 41.0. The van der Waals surface area contributed by atoms with Gasteiger partial charge < -0.3 is 23.8 Å². The van der Waals surface area contributed by atoms with Crippen molar-refractivity contribution in [1.29, 1.82) is 0 Å². The number of benzene rings is 3. The number of esters is 2. The molecule has 5 rings (SSSR count). The molecule has 2 heterocycles. The molecule has 13 heteroatoms. The summed E-state index contributed by atoms with van der Waals surface area (Å²) in [5.74, 6) is -2.42. The molecule has 0 radical (unpaired) electrons. The minimum absolute atomic E-state index is 0.0503. The Morgan fingerprint density at radius 1 is 0.907 bits per heavy atom. The number of carbonyl (C=O) groups excluding carboxylic acids is 3. The quantitative estimate of drug-likeness (QED) is 0.0927. The van der Waals surface area contributed by atoms with E-state index in [1.807, 2.05) is 50.2 Å². The fourth-order valence-corrected chi connectivity index (χ4v) is 7.64. The highest BCUT2D eigenvalue weighted by molar-refractivity contribution is 7.88. The highest BCUT2D eigenvalue weighted by atomic mass is 32.2. The summed E-state index contributed by atoms with van der Waals surface area (Å²) in [6, 6.07) is 21.5. The Hall–Kier alpha value is -4.17. The number of rotatable bonds is 17. The zero-order valence-corrected chi connectivity index (χ0v) is 32.5. The van der Waals surface area contributed by atoms with Crippen molar-refractivity contribution in [2.24, 2.45) is 5.92 Å². The van der Waals surface area contributed by atoms with Gasteiger partial charge in [0, 0.05) is 26.1 Å². The SMILES string of the molecule is CC(=O)OC(CC[C@H]1C(=O)N(c2ccc(CCCNS(C)(=O)=O)cc2)[C@@H]1c1ccc(CCCC2(OC(C)=O)COC(C)(C)OC2)cc1)c1ccc(F)cc1. The average Bonchev–Trinajstić information content (AvgIpc) is 3.10. The van der Waals surface area contributed by atoms with Crippen LogP contribution in [0, 0.1) is 11.7 Å². The van der Waals surface area contributed by atoms with Crippen molar-refractivity contribution < 1.29 is 46.1 Å². The predicted molar refractivity (Wildman–Crippen MR) is 201 cm³/mol. The highest BCUT2D eigenvalue weighted by Crippen LogP contribution is 2.47. The lowest BCUT2D eigenvalue weighted by Gasteiger charge is -2.48. The molecule has 0 bridgehead atoms. The molecule has 3 aromatic carbocycles. The van der Waals surface area contributed by atoms with Crippen LogP contribution in [0.2, 0.25) is 0 Å². The van der Waals surface area contributed by atoms with Gasteiger partial charge in [0.05, 0.1) is 31.4 Å². The minimum atomic E-state index is -3.25. The van der Waals surface area contributed by atoms with Crippen LogP contribution in [0.1, 0.15) is 94.2 Å². The molecule has 3 aromatic rings. The molecule has 2 fully saturated rings. The summed E-state index contributed by atoms with van der Waals surface area (Å²) in [7, 11) is -3.25. The topological polar surface area (TPSA) is 138 Å². The number of hydrogen-bond donors (Lipinski definition) is 1. The molecule has 0 saturated carbocycles. The number of hydrogen-bond acceptors (Lipinski definition) is 9. The summed E-state index contributed by atoms with van der Waals surface area (Å²) in [4.78, 5) is 39.6. The number of nitrogens with one attached hydrogen (secondary N) is 1. The van der Waals surface area contributed by atoms with Gasteiger partial charge in [0.1, 0.15) is 11.9 Å². The van der Waals surface area contributed by atoms with Gasteiger partial charge in [-0.15, -0.1) is 0 Å². The van der Waals surface area contributed by atoms with Crippen LogP contribution in [0.15, 0.2) is 72.8 Å². The van der Waals surface area contributed by atoms with Crippen LogP contribution >= 0.6 is 0 Å². The van der Waals surface area contributed by atoms with Crippen LogP contribution < -0.4 is 9.62 Å². The summed E-state index contributed by atoms with van der Waals surface area (Å²) >= 11 is 0. The van der Waals surface area contributed by atoms with Gasteiger partial charge in [-0.1, -0.05) is 48.5 Å². The molecule has 292 valence electrons. The van der Waals surface area contributed by atoms with Crippen molar-refractivity contribution in [2.45, 2.75) is 96.2 Å². The Kier molecular flexibility index (Phi) is 13.3. The lowest BCUT2D eigenvalue weighted by molar-refractivity contribution is -0.305. The molecular formula is C41H51FN2O9S. The van der Waals surface area contributed by atoms with E-state index in [-0.39, 0.29) is 31.1 Å². The zero-order chi connectivity index (χ0) is 39.1. The highest BCUT2D eigenvalue weighted by Gasteiger charge is 2.48. The number of amides is 1. The number of β-lactam (4-membered cyclic amide) rings is 1. The van der Waals surface area contributed by atoms with Crippen LogP contribution in [0.25, 0.3) is 0 Å². The summed E-state index contributed by atoms with van der Waals surface area (Å²) < 4.78 is 62.0. The second kappa shape index (κ2) is 17.5. The van der Waals surface area contributed by atoms with Crippen molar-refractivity contribution in [1.82, 2.24) is 4.72 Å². The van der Waals surface area contributed by atoms with E-state index in [0.29, 0.717) is 44.2 Å². The van der Waals surface area contributed by atoms with Crippen molar-refractivity contribution in [3.05, 3.63) is 101 Å². The number of aryl methyl sites for hydroxylation is 2. The summed E-state index contributed by atoms with van der Waals surface area (Å²) in [6.45, 7) is 7.23. The normalized spacial score (nSPS) is 19.8. The Balaban J connectivity index is 1.31. The molecule has 54 heavy (non-hydrogen) atoms. The standard InChI is InChI=1S/C41H51FN2O9S/c1-28(45)52-37(32-16-18-34(42)19-17-32)23-22-36-38(44(39(36)47)35-20-12-31(13-21-35)9-7-25-43-54(5,48)49)33-14-10-30(11-15-33)8-6-24-41(53-29(2)46)26-50-40(3,4)51-27-41/h10-21,36-38,43H,6-9,22-27H2,1-5H3/t36-,37?,38-/m1/s1. The third kappa shape index (κ3) is 11.2. The fraction of sp³-hybridized carbons (Fsp3) is 0.488. The van der Waals surface area contributed by atoms with Crippen LogP contribution in [-0.4, -0.2) is 63.7 Å². The second-order valence-electron chi connectivity index (χ2n) is 14.8. The first-order chi connectivity index (χ1) is 25.5. The molecule has 0 aromatic heterocycles. The maximum Gasteiger partial charge on any atom is 0.303 e. The number of carbonyl (C=O) groups is 3. The van der Waals surface area contributed by atoms with E-state index in [1.54, 1.807) is 17.0 Å². The lowest BCUT2D eigenvalue weighted by atomic mass is 9.78. The van der Waals surface area contributed by atoms with Crippen LogP contribution in [0.3, 0.4) is 0 Å². The van der Waals surface area contributed by atoms with Crippen molar-refractivity contribution in [2.75, 3.05) is 30.9 Å². The molecule has 2 aliphatic rings. The third-order valence-electron chi connectivity index (χ3n) is 9.87. The van der Waals surface area contributed by atoms with Gasteiger partial charge in [-0.2, -0.15) is 0 Å². The number of nitrogens with zero attached hydrogens (tertiary/aromatic N) is 1. The van der Waals surface area contributed by atoms with Gasteiger partial charge in [-0.25, -0.2) is 17.5 Å². The van der Waals surface area contributed by atoms with Crippen molar-refractivity contribution in [3.8, 4) is 0 Å². The maximum absolute atomic E-state index is 13.9. The summed E-state index contributed by atoms with van der Waals surface area (Å²) in [5.41, 5.74) is 3.62. The number of sulfonamides is 1. The summed E-state index contributed by atoms with van der Waals surface area (Å²) in [6.07, 6.45) is 4.64. The predicted octanol–water partition coefficient (Wildman–Crippen LogP) is 6.50. The molecule has 2 saturated heterocycles. The van der Waals surface area contributed by atoms with E-state index in [9.17, 15) is 27.2 Å². The van der Waals surface area contributed by atoms with Crippen LogP contribution in [-0.2, 0) is 56.2 Å². The smallest absolute Gasteiger partial charge is 0.303 e. The number of anilines is 1. The first-order valence-electron chi connectivity index (χ1n) is 18.4. The molecule has 1 N–H and O–H groups in total. The van der Waals surface area contributed by atoms with E-state index in [4.69, 9.17) is 18.9 Å². The summed E-state index contributed by atoms with van der Waals surface area (Å²) in [5, 5.41) is 0. The largest absolute Gasteiger partial charge is 0.458 e. The lowest BCUT2D eigenvalue weighted by Crippen LogP contribution is -2.55. The maximum atomic E-state index is 13.9. The van der Waals surface area contributed by atoms with E-state index in [2.05, 4.69) is 16.9 Å². The van der Waals surface area contributed by atoms with Crippen molar-refractivity contribution in [3.63, 3.8) is 0 Å². The molecular weight excluding hydrogens is 716 g/mol. The fourth-order valence-electron chi connectivity index (χ4n) is 7.12.